The molecule has 6 heterocycles. The summed E-state index contributed by atoms with van der Waals surface area (Å²) in [4.78, 5) is 0. The molecule has 4 aliphatic carbocycles. The van der Waals surface area contributed by atoms with E-state index < -0.39 is 142 Å². The lowest BCUT2D eigenvalue weighted by atomic mass is 9.47. The molecule has 1 spiro atoms. The van der Waals surface area contributed by atoms with Gasteiger partial charge in [-0.25, -0.2) is 0 Å². The molecule has 11 N–H and O–H groups in total. The summed E-state index contributed by atoms with van der Waals surface area (Å²) in [5.74, 6) is 2.38. The van der Waals surface area contributed by atoms with Gasteiger partial charge in [0.15, 0.2) is 37.2 Å². The van der Waals surface area contributed by atoms with Crippen LogP contribution < -0.4 is 0 Å². The predicted molar refractivity (Wildman–Crippen MR) is 241 cm³/mol. The van der Waals surface area contributed by atoms with Crippen molar-refractivity contribution in [2.24, 2.45) is 46.3 Å². The first-order chi connectivity index (χ1) is 33.6. The highest BCUT2D eigenvalue weighted by Gasteiger charge is 2.69. The van der Waals surface area contributed by atoms with Crippen molar-refractivity contribution in [1.29, 1.82) is 0 Å². The van der Waals surface area contributed by atoms with Crippen molar-refractivity contribution in [3.05, 3.63) is 11.6 Å². The summed E-state index contributed by atoms with van der Waals surface area (Å²) in [6.07, 6.45) is -22.3. The van der Waals surface area contributed by atoms with E-state index in [1.807, 2.05) is 0 Å². The highest BCUT2D eigenvalue weighted by molar-refractivity contribution is 5.26. The molecule has 406 valence electrons. The third-order valence-electron chi connectivity index (χ3n) is 19.5. The van der Waals surface area contributed by atoms with E-state index in [0.717, 1.165) is 51.6 Å². The molecule has 10 rings (SSSR count). The van der Waals surface area contributed by atoms with Gasteiger partial charge < -0.3 is 104 Å². The molecule has 31 atom stereocenters. The summed E-state index contributed by atoms with van der Waals surface area (Å²) < 4.78 is 61.1. The highest BCUT2D eigenvalue weighted by atomic mass is 16.8. The molecular formula is C50H80O21. The monoisotopic (exact) mass is 1020 g/mol. The first kappa shape index (κ1) is 53.3. The van der Waals surface area contributed by atoms with E-state index in [0.29, 0.717) is 48.3 Å². The van der Waals surface area contributed by atoms with Gasteiger partial charge in [0.05, 0.1) is 37.6 Å². The van der Waals surface area contributed by atoms with Crippen LogP contribution in [0, 0.1) is 46.3 Å². The van der Waals surface area contributed by atoms with E-state index in [9.17, 15) is 56.2 Å². The molecule has 21 heteroatoms. The molecule has 9 fully saturated rings. The molecule has 0 aromatic rings. The zero-order valence-electron chi connectivity index (χ0n) is 41.5. The van der Waals surface area contributed by atoms with Crippen molar-refractivity contribution in [1.82, 2.24) is 0 Å². The third-order valence-corrected chi connectivity index (χ3v) is 19.5. The van der Waals surface area contributed by atoms with Crippen LogP contribution in [0.4, 0.5) is 0 Å². The molecule has 21 nitrogen and oxygen atoms in total. The molecule has 71 heavy (non-hydrogen) atoms. The Morgan fingerprint density at radius 3 is 1.86 bits per heavy atom. The normalized spacial score (nSPS) is 58.4. The van der Waals surface area contributed by atoms with Gasteiger partial charge in [0.1, 0.15) is 79.4 Å². The predicted octanol–water partition coefficient (Wildman–Crippen LogP) is -0.977. The number of aliphatic hydroxyl groups excluding tert-OH is 11. The van der Waals surface area contributed by atoms with Gasteiger partial charge in [-0.1, -0.05) is 39.3 Å². The molecule has 0 bridgehead atoms. The molecule has 0 aromatic heterocycles. The second kappa shape index (κ2) is 20.0. The summed E-state index contributed by atoms with van der Waals surface area (Å²) in [5, 5.41) is 119. The van der Waals surface area contributed by atoms with Crippen LogP contribution >= 0.6 is 0 Å². The lowest BCUT2D eigenvalue weighted by Gasteiger charge is -2.58. The van der Waals surface area contributed by atoms with Crippen LogP contribution in [-0.4, -0.2) is 210 Å². The fourth-order valence-corrected chi connectivity index (χ4v) is 15.2. The molecule has 6 aliphatic heterocycles. The maximum atomic E-state index is 12.2. The summed E-state index contributed by atoms with van der Waals surface area (Å²) in [5.41, 5.74) is 1.38. The van der Waals surface area contributed by atoms with Gasteiger partial charge in [0, 0.05) is 12.3 Å². The van der Waals surface area contributed by atoms with E-state index in [-0.39, 0.29) is 16.9 Å². The SMILES string of the molecule is C[C@@H]1CC[C@@]2(OC1)O[C@@H]1C[C@@H]3[C@@H]4CC=C5C[C@@H](O[C@@H]6O[C@H](CO)[C@@H](O[C@@H]7O[C@@H](O)[C@H](O[C@@H]8O[C@@H](C)[C@H](O)[C@@H](O)[C@H]8O)[C@@H](O)[C@H]7O)[C@H](O)[C@H]6O[C@@H]6O[C@@H](C)[C@H](O)[C@@H](O)[C@H]6O)CC[C@]5(C)[C@H]4CC[C@]3(C)[C@@H]1[C@@H]2C. The highest BCUT2D eigenvalue weighted by Crippen LogP contribution is 2.71. The van der Waals surface area contributed by atoms with Crippen LogP contribution in [0.3, 0.4) is 0 Å². The summed E-state index contributed by atoms with van der Waals surface area (Å²) in [7, 11) is 0. The van der Waals surface area contributed by atoms with Crippen LogP contribution in [0.5, 0.6) is 0 Å². The van der Waals surface area contributed by atoms with Gasteiger partial charge in [0.2, 0.25) is 0 Å². The lowest BCUT2D eigenvalue weighted by molar-refractivity contribution is -0.408. The second-order valence-corrected chi connectivity index (χ2v) is 23.5. The summed E-state index contributed by atoms with van der Waals surface area (Å²) in [6.45, 7) is 12.4. The second-order valence-electron chi connectivity index (χ2n) is 23.5. The topological polar surface area (TPSA) is 315 Å². The first-order valence-electron chi connectivity index (χ1n) is 26.3. The van der Waals surface area contributed by atoms with Gasteiger partial charge in [-0.15, -0.1) is 0 Å². The van der Waals surface area contributed by atoms with E-state index >= 15 is 0 Å². The minimum absolute atomic E-state index is 0.0773. The Morgan fingerprint density at radius 1 is 0.606 bits per heavy atom. The Bertz CT molecular complexity index is 1890. The third kappa shape index (κ3) is 9.02. The van der Waals surface area contributed by atoms with Crippen molar-refractivity contribution >= 4 is 0 Å². The maximum Gasteiger partial charge on any atom is 0.189 e. The number of rotatable bonds is 9. The van der Waals surface area contributed by atoms with Gasteiger partial charge in [-0.05, 0) is 106 Å². The van der Waals surface area contributed by atoms with Gasteiger partial charge in [0.25, 0.3) is 0 Å². The minimum atomic E-state index is -2.06. The lowest BCUT2D eigenvalue weighted by Crippen LogP contribution is -2.67. The van der Waals surface area contributed by atoms with E-state index in [2.05, 4.69) is 33.8 Å². The Morgan fingerprint density at radius 2 is 1.23 bits per heavy atom. The Hall–Kier alpha value is -1.10. The van der Waals surface area contributed by atoms with Gasteiger partial charge in [-0.3, -0.25) is 0 Å². The van der Waals surface area contributed by atoms with Crippen LogP contribution in [0.1, 0.15) is 99.3 Å². The largest absolute Gasteiger partial charge is 0.394 e. The average Bonchev–Trinajstić information content (AvgIpc) is 3.79. The van der Waals surface area contributed by atoms with E-state index in [1.54, 1.807) is 0 Å². The van der Waals surface area contributed by atoms with Gasteiger partial charge in [-0.2, -0.15) is 0 Å². The molecule has 0 amide bonds. The fourth-order valence-electron chi connectivity index (χ4n) is 15.2. The van der Waals surface area contributed by atoms with E-state index in [1.165, 1.54) is 19.4 Å². The zero-order chi connectivity index (χ0) is 50.8. The molecular weight excluding hydrogens is 937 g/mol. The number of hydrogen-bond donors (Lipinski definition) is 11. The Labute approximate surface area is 414 Å². The number of hydrogen-bond acceptors (Lipinski definition) is 21. The van der Waals surface area contributed by atoms with Crippen molar-refractivity contribution in [2.75, 3.05) is 13.2 Å². The average molecular weight is 1020 g/mol. The molecule has 0 radical (unpaired) electrons. The van der Waals surface area contributed by atoms with Crippen LogP contribution in [0.25, 0.3) is 0 Å². The van der Waals surface area contributed by atoms with Crippen LogP contribution in [0.15, 0.2) is 11.6 Å². The number of ether oxygens (including phenoxy) is 10. The maximum absolute atomic E-state index is 12.2. The van der Waals surface area contributed by atoms with Crippen LogP contribution in [-0.2, 0) is 47.4 Å². The molecule has 3 saturated carbocycles. The number of allylic oxidation sites excluding steroid dienone is 1. The number of fused-ring (bicyclic) bond motifs is 7. The van der Waals surface area contributed by atoms with Crippen molar-refractivity contribution in [3.63, 3.8) is 0 Å². The Balaban J connectivity index is 0.836. The molecule has 6 saturated heterocycles. The van der Waals surface area contributed by atoms with Crippen molar-refractivity contribution < 1.29 is 104 Å². The summed E-state index contributed by atoms with van der Waals surface area (Å²) in [6, 6.07) is 0. The summed E-state index contributed by atoms with van der Waals surface area (Å²) >= 11 is 0. The quantitative estimate of drug-likeness (QED) is 0.124. The standard InChI is InChI=1S/C50H80O21/c1-19-9-14-50(62-18-19)20(2)30-28(71-50)16-27-25-8-7-23-15-24(10-12-48(23,5)26(25)11-13-49(27,30)6)65-47-42(69-45-37(58)34(55)32(53)22(4)64-45)39(60)40(29(17-51)66-47)67-46-38(59)35(56)41(43(61)70-46)68-44-36(57)33(54)31(52)21(3)63-44/h7,19-22,24-47,51-61H,8-18H2,1-6H3/t19-,20+,21+,22+,24+,25-,26+,27-,28-,29-,30-,31+,32+,33-,34-,35+,36-,37-,38-,39+,40-,41-,42-,43-,44+,45+,46-,47-,48+,49+,50-/m1/s1. The molecule has 0 unspecified atom stereocenters. The van der Waals surface area contributed by atoms with E-state index in [4.69, 9.17) is 47.4 Å². The molecule has 0 aromatic carbocycles. The zero-order valence-corrected chi connectivity index (χ0v) is 41.5. The smallest absolute Gasteiger partial charge is 0.189 e. The van der Waals surface area contributed by atoms with Gasteiger partial charge >= 0.3 is 0 Å². The van der Waals surface area contributed by atoms with Crippen molar-refractivity contribution in [2.45, 2.75) is 240 Å². The molecule has 10 aliphatic rings. The first-order valence-corrected chi connectivity index (χ1v) is 26.3. The van der Waals surface area contributed by atoms with Crippen molar-refractivity contribution in [3.8, 4) is 0 Å². The fraction of sp³-hybridized carbons (Fsp3) is 0.960. The Kier molecular flexibility index (Phi) is 15.0. The van der Waals surface area contributed by atoms with Crippen LogP contribution in [0.2, 0.25) is 0 Å². The minimum Gasteiger partial charge on any atom is -0.394 e. The number of aliphatic hydroxyl groups is 11.